The zero-order chi connectivity index (χ0) is 18.5. The van der Waals surface area contributed by atoms with E-state index in [0.29, 0.717) is 30.0 Å². The van der Waals surface area contributed by atoms with E-state index in [4.69, 9.17) is 11.6 Å². The summed E-state index contributed by atoms with van der Waals surface area (Å²) in [7, 11) is 0. The van der Waals surface area contributed by atoms with Crippen LogP contribution >= 0.6 is 11.6 Å². The second-order valence-corrected chi connectivity index (χ2v) is 6.31. The van der Waals surface area contributed by atoms with Crippen LogP contribution in [0.1, 0.15) is 41.3 Å². The summed E-state index contributed by atoms with van der Waals surface area (Å²) in [4.78, 5) is 17.1. The Bertz CT molecular complexity index is 905. The molecule has 0 spiro atoms. The Morgan fingerprint density at radius 2 is 2.00 bits per heavy atom. The molecule has 3 aromatic rings. The van der Waals surface area contributed by atoms with Crippen LogP contribution in [0, 0.1) is 0 Å². The van der Waals surface area contributed by atoms with Crippen molar-refractivity contribution >= 4 is 17.5 Å². The molecular weight excluding hydrogens is 348 g/mol. The SMILES string of the molecule is CCc1nn(-c2cccc(Cl)c2)c(CC)c1C(=O)NCc1ccccn1. The van der Waals surface area contributed by atoms with Crippen molar-refractivity contribution in [3.05, 3.63) is 76.3 Å². The molecule has 26 heavy (non-hydrogen) atoms. The zero-order valence-corrected chi connectivity index (χ0v) is 15.6. The van der Waals surface area contributed by atoms with Crippen LogP contribution in [0.2, 0.25) is 5.02 Å². The Kier molecular flexibility index (Phi) is 5.68. The smallest absolute Gasteiger partial charge is 0.255 e. The molecule has 5 nitrogen and oxygen atoms in total. The number of nitrogens with zero attached hydrogens (tertiary/aromatic N) is 3. The molecule has 0 fully saturated rings. The van der Waals surface area contributed by atoms with E-state index in [0.717, 1.165) is 22.8 Å². The van der Waals surface area contributed by atoms with Gasteiger partial charge in [0, 0.05) is 11.2 Å². The molecule has 2 heterocycles. The van der Waals surface area contributed by atoms with Gasteiger partial charge in [0.05, 0.1) is 34.9 Å². The third kappa shape index (κ3) is 3.78. The molecule has 0 saturated carbocycles. The second kappa shape index (κ2) is 8.15. The van der Waals surface area contributed by atoms with Gasteiger partial charge in [-0.15, -0.1) is 0 Å². The largest absolute Gasteiger partial charge is 0.346 e. The maximum absolute atomic E-state index is 12.9. The van der Waals surface area contributed by atoms with Crippen LogP contribution in [0.5, 0.6) is 0 Å². The van der Waals surface area contributed by atoms with Gasteiger partial charge in [-0.25, -0.2) is 4.68 Å². The molecule has 0 bridgehead atoms. The predicted octanol–water partition coefficient (Wildman–Crippen LogP) is 3.98. The van der Waals surface area contributed by atoms with E-state index in [9.17, 15) is 4.79 Å². The first kappa shape index (κ1) is 18.1. The molecule has 0 atom stereocenters. The summed E-state index contributed by atoms with van der Waals surface area (Å²) in [5.74, 6) is -0.127. The second-order valence-electron chi connectivity index (χ2n) is 5.87. The number of carbonyl (C=O) groups excluding carboxylic acids is 1. The highest BCUT2D eigenvalue weighted by Crippen LogP contribution is 2.22. The third-order valence-corrected chi connectivity index (χ3v) is 4.39. The molecule has 0 unspecified atom stereocenters. The minimum atomic E-state index is -0.127. The number of aromatic nitrogens is 3. The van der Waals surface area contributed by atoms with Gasteiger partial charge in [-0.2, -0.15) is 5.10 Å². The first-order valence-corrected chi connectivity index (χ1v) is 9.06. The van der Waals surface area contributed by atoms with Gasteiger partial charge in [-0.1, -0.05) is 37.6 Å². The van der Waals surface area contributed by atoms with E-state index in [2.05, 4.69) is 15.4 Å². The molecule has 3 rings (SSSR count). The molecule has 134 valence electrons. The summed E-state index contributed by atoms with van der Waals surface area (Å²) in [5.41, 5.74) is 3.97. The molecule has 0 radical (unpaired) electrons. The van der Waals surface area contributed by atoms with Gasteiger partial charge in [0.15, 0.2) is 0 Å². The summed E-state index contributed by atoms with van der Waals surface area (Å²) in [5, 5.41) is 8.27. The summed E-state index contributed by atoms with van der Waals surface area (Å²) in [6.07, 6.45) is 3.08. The van der Waals surface area contributed by atoms with E-state index < -0.39 is 0 Å². The number of hydrogen-bond acceptors (Lipinski definition) is 3. The molecule has 6 heteroatoms. The van der Waals surface area contributed by atoms with Crippen molar-refractivity contribution < 1.29 is 4.79 Å². The topological polar surface area (TPSA) is 59.8 Å². The molecule has 0 aliphatic carbocycles. The number of halogens is 1. The van der Waals surface area contributed by atoms with Crippen LogP contribution in [0.25, 0.3) is 5.69 Å². The first-order chi connectivity index (χ1) is 12.6. The fraction of sp³-hybridized carbons (Fsp3) is 0.250. The van der Waals surface area contributed by atoms with Crippen molar-refractivity contribution in [1.82, 2.24) is 20.1 Å². The van der Waals surface area contributed by atoms with Gasteiger partial charge < -0.3 is 5.32 Å². The summed E-state index contributed by atoms with van der Waals surface area (Å²) < 4.78 is 1.82. The minimum absolute atomic E-state index is 0.127. The maximum atomic E-state index is 12.9. The average Bonchev–Trinajstić information content (AvgIpc) is 3.05. The minimum Gasteiger partial charge on any atom is -0.346 e. The van der Waals surface area contributed by atoms with E-state index in [1.54, 1.807) is 6.20 Å². The van der Waals surface area contributed by atoms with E-state index in [-0.39, 0.29) is 5.91 Å². The lowest BCUT2D eigenvalue weighted by Crippen LogP contribution is -2.25. The van der Waals surface area contributed by atoms with E-state index >= 15 is 0 Å². The van der Waals surface area contributed by atoms with Crippen LogP contribution in [-0.2, 0) is 19.4 Å². The fourth-order valence-corrected chi connectivity index (χ4v) is 3.11. The number of nitrogens with one attached hydrogen (secondary N) is 1. The van der Waals surface area contributed by atoms with Gasteiger partial charge in [0.2, 0.25) is 0 Å². The van der Waals surface area contributed by atoms with Crippen molar-refractivity contribution in [2.75, 3.05) is 0 Å². The van der Waals surface area contributed by atoms with Crippen LogP contribution < -0.4 is 5.32 Å². The highest BCUT2D eigenvalue weighted by atomic mass is 35.5. The van der Waals surface area contributed by atoms with Gasteiger partial charge in [0.1, 0.15) is 0 Å². The lowest BCUT2D eigenvalue weighted by molar-refractivity contribution is 0.0948. The van der Waals surface area contributed by atoms with Crippen molar-refractivity contribution in [2.24, 2.45) is 0 Å². The maximum Gasteiger partial charge on any atom is 0.255 e. The van der Waals surface area contributed by atoms with Crippen LogP contribution in [0.4, 0.5) is 0 Å². The molecule has 1 aromatic carbocycles. The molecular formula is C20H21ClN4O. The number of aryl methyl sites for hydroxylation is 1. The van der Waals surface area contributed by atoms with Crippen LogP contribution in [0.3, 0.4) is 0 Å². The van der Waals surface area contributed by atoms with Crippen LogP contribution in [0.15, 0.2) is 48.7 Å². The Morgan fingerprint density at radius 1 is 1.15 bits per heavy atom. The highest BCUT2D eigenvalue weighted by Gasteiger charge is 2.22. The number of amides is 1. The predicted molar refractivity (Wildman–Crippen MR) is 103 cm³/mol. The Hall–Kier alpha value is -2.66. The molecule has 1 amide bonds. The Morgan fingerprint density at radius 3 is 2.65 bits per heavy atom. The highest BCUT2D eigenvalue weighted by molar-refractivity contribution is 6.30. The van der Waals surface area contributed by atoms with Crippen molar-refractivity contribution in [3.8, 4) is 5.69 Å². The number of benzene rings is 1. The molecule has 0 saturated heterocycles. The summed E-state index contributed by atoms with van der Waals surface area (Å²) in [6.45, 7) is 4.40. The van der Waals surface area contributed by atoms with E-state index in [1.165, 1.54) is 0 Å². The quantitative estimate of drug-likeness (QED) is 0.716. The molecule has 1 N–H and O–H groups in total. The van der Waals surface area contributed by atoms with Gasteiger partial charge in [0.25, 0.3) is 5.91 Å². The molecule has 0 aliphatic heterocycles. The number of rotatable bonds is 6. The lowest BCUT2D eigenvalue weighted by Gasteiger charge is -2.09. The first-order valence-electron chi connectivity index (χ1n) is 8.68. The summed E-state index contributed by atoms with van der Waals surface area (Å²) >= 11 is 6.12. The standard InChI is InChI=1S/C20H21ClN4O/c1-3-17-19(20(26)23-13-15-9-5-6-11-22-15)18(4-2)25(24-17)16-10-7-8-14(21)12-16/h5-12H,3-4,13H2,1-2H3,(H,23,26). The van der Waals surface area contributed by atoms with Crippen LogP contribution in [-0.4, -0.2) is 20.7 Å². The number of carbonyl (C=O) groups is 1. The molecule has 0 aliphatic rings. The Balaban J connectivity index is 1.94. The molecule has 2 aromatic heterocycles. The normalized spacial score (nSPS) is 10.7. The van der Waals surface area contributed by atoms with Gasteiger partial charge in [-0.05, 0) is 43.2 Å². The lowest BCUT2D eigenvalue weighted by atomic mass is 10.1. The number of pyridine rings is 1. The fourth-order valence-electron chi connectivity index (χ4n) is 2.92. The van der Waals surface area contributed by atoms with Crippen molar-refractivity contribution in [1.29, 1.82) is 0 Å². The van der Waals surface area contributed by atoms with Gasteiger partial charge >= 0.3 is 0 Å². The van der Waals surface area contributed by atoms with E-state index in [1.807, 2.05) is 61.0 Å². The van der Waals surface area contributed by atoms with Crippen molar-refractivity contribution in [2.45, 2.75) is 33.2 Å². The average molecular weight is 369 g/mol. The monoisotopic (exact) mass is 368 g/mol. The van der Waals surface area contributed by atoms with Gasteiger partial charge in [-0.3, -0.25) is 9.78 Å². The summed E-state index contributed by atoms with van der Waals surface area (Å²) in [6, 6.07) is 13.1. The third-order valence-electron chi connectivity index (χ3n) is 4.16. The van der Waals surface area contributed by atoms with Crippen molar-refractivity contribution in [3.63, 3.8) is 0 Å². The zero-order valence-electron chi connectivity index (χ0n) is 14.9. The Labute approximate surface area is 158 Å². The number of hydrogen-bond donors (Lipinski definition) is 1.